The summed E-state index contributed by atoms with van der Waals surface area (Å²) in [6.07, 6.45) is 2.82. The third-order valence-electron chi connectivity index (χ3n) is 3.21. The Morgan fingerprint density at radius 3 is 2.86 bits per heavy atom. The normalized spacial score (nSPS) is 12.0. The number of nitrogens with two attached hydrogens (primary N) is 1. The average Bonchev–Trinajstić information content (AvgIpc) is 2.96. The summed E-state index contributed by atoms with van der Waals surface area (Å²) in [7, 11) is 0. The fraction of sp³-hybridized carbons (Fsp3) is 0.333. The molecule has 0 aliphatic rings. The number of anilines is 1. The maximum atomic E-state index is 12.4. The monoisotopic (exact) mass is 304 g/mol. The van der Waals surface area contributed by atoms with Gasteiger partial charge in [0.15, 0.2) is 0 Å². The van der Waals surface area contributed by atoms with Gasteiger partial charge in [-0.25, -0.2) is 4.98 Å². The van der Waals surface area contributed by atoms with Gasteiger partial charge in [0.25, 0.3) is 5.91 Å². The van der Waals surface area contributed by atoms with Crippen molar-refractivity contribution in [2.24, 2.45) is 5.84 Å². The minimum absolute atomic E-state index is 0.131. The van der Waals surface area contributed by atoms with Crippen molar-refractivity contribution in [1.82, 2.24) is 10.3 Å². The zero-order chi connectivity index (χ0) is 15.4. The lowest BCUT2D eigenvalue weighted by Gasteiger charge is -2.14. The van der Waals surface area contributed by atoms with Crippen LogP contribution >= 0.6 is 11.3 Å². The van der Waals surface area contributed by atoms with E-state index >= 15 is 0 Å². The summed E-state index contributed by atoms with van der Waals surface area (Å²) < 4.78 is 0. The molecule has 0 fully saturated rings. The highest BCUT2D eigenvalue weighted by atomic mass is 32.1. The first-order valence-electron chi connectivity index (χ1n) is 6.87. The third-order valence-corrected chi connectivity index (χ3v) is 4.54. The fourth-order valence-electron chi connectivity index (χ4n) is 1.99. The first kappa shape index (κ1) is 15.5. The lowest BCUT2D eigenvalue weighted by molar-refractivity contribution is 0.0940. The number of hydrogen-bond donors (Lipinski definition) is 3. The largest absolute Gasteiger partial charge is 0.343 e. The summed E-state index contributed by atoms with van der Waals surface area (Å²) in [6, 6.07) is 5.39. The number of nitrogen functional groups attached to an aromatic ring is 1. The molecule has 21 heavy (non-hydrogen) atoms. The summed E-state index contributed by atoms with van der Waals surface area (Å²) in [5.41, 5.74) is 4.71. The van der Waals surface area contributed by atoms with E-state index in [2.05, 4.69) is 22.7 Å². The molecule has 0 aliphatic carbocycles. The molecule has 1 unspecified atom stereocenters. The number of hydrazine groups is 1. The van der Waals surface area contributed by atoms with Gasteiger partial charge < -0.3 is 10.7 Å². The molecule has 1 atom stereocenters. The molecule has 0 aliphatic heterocycles. The molecule has 2 rings (SSSR count). The molecular formula is C15H20N4OS. The maximum absolute atomic E-state index is 12.4. The van der Waals surface area contributed by atoms with Gasteiger partial charge in [0.2, 0.25) is 0 Å². The Kier molecular flexibility index (Phi) is 4.93. The summed E-state index contributed by atoms with van der Waals surface area (Å²) in [6.45, 7) is 5.96. The van der Waals surface area contributed by atoms with Crippen LogP contribution < -0.4 is 16.6 Å². The molecule has 0 radical (unpaired) electrons. The van der Waals surface area contributed by atoms with E-state index < -0.39 is 0 Å². The number of benzene rings is 1. The Morgan fingerprint density at radius 2 is 2.24 bits per heavy atom. The number of carbonyl (C=O) groups excluding carboxylic acids is 1. The number of amides is 1. The standard InChI is InChI=1S/C15H20N4OS/c1-4-11-8-17-15(21-11)10(3)18-14(20)12-7-9(2)5-6-13(12)19-16/h5-8,10,19H,4,16H2,1-3H3,(H,18,20). The smallest absolute Gasteiger partial charge is 0.253 e. The highest BCUT2D eigenvalue weighted by molar-refractivity contribution is 7.11. The minimum Gasteiger partial charge on any atom is -0.343 e. The van der Waals surface area contributed by atoms with Crippen molar-refractivity contribution >= 4 is 22.9 Å². The predicted octanol–water partition coefficient (Wildman–Crippen LogP) is 2.79. The quantitative estimate of drug-likeness (QED) is 0.586. The van der Waals surface area contributed by atoms with Gasteiger partial charge in [-0.2, -0.15) is 0 Å². The number of hydrogen-bond acceptors (Lipinski definition) is 5. The Morgan fingerprint density at radius 1 is 1.48 bits per heavy atom. The third kappa shape index (κ3) is 3.59. The minimum atomic E-state index is -0.160. The van der Waals surface area contributed by atoms with Crippen LogP contribution in [0.3, 0.4) is 0 Å². The second-order valence-electron chi connectivity index (χ2n) is 4.91. The zero-order valence-corrected chi connectivity index (χ0v) is 13.3. The van der Waals surface area contributed by atoms with E-state index in [9.17, 15) is 4.79 Å². The highest BCUT2D eigenvalue weighted by Gasteiger charge is 2.17. The van der Waals surface area contributed by atoms with Gasteiger partial charge in [-0.3, -0.25) is 10.6 Å². The van der Waals surface area contributed by atoms with Crippen molar-refractivity contribution in [2.75, 3.05) is 5.43 Å². The van der Waals surface area contributed by atoms with Crippen LogP contribution in [0, 0.1) is 6.92 Å². The predicted molar refractivity (Wildman–Crippen MR) is 86.4 cm³/mol. The average molecular weight is 304 g/mol. The lowest BCUT2D eigenvalue weighted by Crippen LogP contribution is -2.28. The van der Waals surface area contributed by atoms with Crippen LogP contribution in [-0.4, -0.2) is 10.9 Å². The van der Waals surface area contributed by atoms with Crippen molar-refractivity contribution in [3.05, 3.63) is 45.4 Å². The van der Waals surface area contributed by atoms with Crippen molar-refractivity contribution in [3.63, 3.8) is 0 Å². The van der Waals surface area contributed by atoms with E-state index in [0.717, 1.165) is 17.0 Å². The number of aromatic nitrogens is 1. The van der Waals surface area contributed by atoms with E-state index in [4.69, 9.17) is 5.84 Å². The number of nitrogens with one attached hydrogen (secondary N) is 2. The zero-order valence-electron chi connectivity index (χ0n) is 12.4. The first-order valence-corrected chi connectivity index (χ1v) is 7.69. The first-order chi connectivity index (χ1) is 10.0. The molecule has 1 aromatic carbocycles. The molecule has 1 aromatic heterocycles. The van der Waals surface area contributed by atoms with Crippen LogP contribution in [0.5, 0.6) is 0 Å². The molecule has 1 heterocycles. The van der Waals surface area contributed by atoms with Crippen molar-refractivity contribution < 1.29 is 4.79 Å². The van der Waals surface area contributed by atoms with Crippen LogP contribution in [-0.2, 0) is 6.42 Å². The van der Waals surface area contributed by atoms with Crippen molar-refractivity contribution in [3.8, 4) is 0 Å². The number of aryl methyl sites for hydroxylation is 2. The van der Waals surface area contributed by atoms with Gasteiger partial charge in [-0.15, -0.1) is 11.3 Å². The summed E-state index contributed by atoms with van der Waals surface area (Å²) in [5, 5.41) is 3.88. The van der Waals surface area contributed by atoms with E-state index in [1.807, 2.05) is 32.2 Å². The maximum Gasteiger partial charge on any atom is 0.253 e. The Balaban J connectivity index is 2.15. The Labute approximate surface area is 128 Å². The molecular weight excluding hydrogens is 284 g/mol. The molecule has 6 heteroatoms. The topological polar surface area (TPSA) is 80.0 Å². The number of rotatable bonds is 5. The van der Waals surface area contributed by atoms with Crippen molar-refractivity contribution in [2.45, 2.75) is 33.2 Å². The molecule has 0 saturated heterocycles. The molecule has 1 amide bonds. The molecule has 4 N–H and O–H groups in total. The molecule has 0 spiro atoms. The second-order valence-corrected chi connectivity index (χ2v) is 6.05. The molecule has 0 saturated carbocycles. The van der Waals surface area contributed by atoms with E-state index in [-0.39, 0.29) is 11.9 Å². The van der Waals surface area contributed by atoms with Crippen LogP contribution in [0.1, 0.15) is 45.7 Å². The van der Waals surface area contributed by atoms with Gasteiger partial charge in [0, 0.05) is 11.1 Å². The SMILES string of the molecule is CCc1cnc(C(C)NC(=O)c2cc(C)ccc2NN)s1. The molecule has 2 aromatic rings. The molecule has 0 bridgehead atoms. The molecule has 5 nitrogen and oxygen atoms in total. The van der Waals surface area contributed by atoms with Gasteiger partial charge in [0.05, 0.1) is 17.3 Å². The van der Waals surface area contributed by atoms with Crippen LogP contribution in [0.25, 0.3) is 0 Å². The summed E-state index contributed by atoms with van der Waals surface area (Å²) in [5.74, 6) is 5.30. The highest BCUT2D eigenvalue weighted by Crippen LogP contribution is 2.22. The Hall–Kier alpha value is -1.92. The van der Waals surface area contributed by atoms with E-state index in [1.54, 1.807) is 17.4 Å². The van der Waals surface area contributed by atoms with Gasteiger partial charge >= 0.3 is 0 Å². The number of carbonyl (C=O) groups is 1. The summed E-state index contributed by atoms with van der Waals surface area (Å²) >= 11 is 1.63. The fourth-order valence-corrected chi connectivity index (χ4v) is 2.85. The lowest BCUT2D eigenvalue weighted by atomic mass is 10.1. The van der Waals surface area contributed by atoms with E-state index in [1.165, 1.54) is 4.88 Å². The Bertz CT molecular complexity index is 638. The van der Waals surface area contributed by atoms with Crippen LogP contribution in [0.15, 0.2) is 24.4 Å². The molecule has 112 valence electrons. The van der Waals surface area contributed by atoms with Crippen LogP contribution in [0.2, 0.25) is 0 Å². The van der Waals surface area contributed by atoms with Gasteiger partial charge in [-0.05, 0) is 32.4 Å². The second kappa shape index (κ2) is 6.69. The number of nitrogens with zero attached hydrogens (tertiary/aromatic N) is 1. The van der Waals surface area contributed by atoms with Crippen molar-refractivity contribution in [1.29, 1.82) is 0 Å². The van der Waals surface area contributed by atoms with Crippen LogP contribution in [0.4, 0.5) is 5.69 Å². The summed E-state index contributed by atoms with van der Waals surface area (Å²) in [4.78, 5) is 18.0. The number of thiazole rings is 1. The van der Waals surface area contributed by atoms with E-state index in [0.29, 0.717) is 11.3 Å². The van der Waals surface area contributed by atoms with Gasteiger partial charge in [0.1, 0.15) is 5.01 Å². The van der Waals surface area contributed by atoms with Gasteiger partial charge in [-0.1, -0.05) is 18.6 Å².